The standard InChI is InChI=1S/C7H15IO2/c1-2-3-4-7(8)10-6-5-9/h7,9H,2-6H2,1H3. The van der Waals surface area contributed by atoms with Gasteiger partial charge in [-0.05, 0) is 6.42 Å². The molecule has 0 aromatic carbocycles. The highest BCUT2D eigenvalue weighted by Gasteiger charge is 2.00. The number of rotatable bonds is 6. The van der Waals surface area contributed by atoms with Crippen molar-refractivity contribution in [2.75, 3.05) is 13.2 Å². The first kappa shape index (κ1) is 10.7. The molecule has 62 valence electrons. The van der Waals surface area contributed by atoms with Gasteiger partial charge in [0.15, 0.2) is 0 Å². The van der Waals surface area contributed by atoms with Gasteiger partial charge in [0.25, 0.3) is 0 Å². The Labute approximate surface area is 76.1 Å². The quantitative estimate of drug-likeness (QED) is 0.582. The van der Waals surface area contributed by atoms with E-state index in [0.29, 0.717) is 6.61 Å². The van der Waals surface area contributed by atoms with Gasteiger partial charge in [-0.3, -0.25) is 0 Å². The molecule has 0 amide bonds. The van der Waals surface area contributed by atoms with Crippen molar-refractivity contribution in [2.45, 2.75) is 30.3 Å². The van der Waals surface area contributed by atoms with Crippen molar-refractivity contribution in [3.8, 4) is 0 Å². The third-order valence-corrected chi connectivity index (χ3v) is 2.16. The molecule has 0 saturated carbocycles. The second kappa shape index (κ2) is 7.75. The van der Waals surface area contributed by atoms with Gasteiger partial charge in [-0.15, -0.1) is 0 Å². The Bertz CT molecular complexity index is 60.6. The molecule has 3 heteroatoms. The second-order valence-electron chi connectivity index (χ2n) is 2.15. The van der Waals surface area contributed by atoms with Crippen LogP contribution >= 0.6 is 22.6 Å². The van der Waals surface area contributed by atoms with Gasteiger partial charge in [0, 0.05) is 0 Å². The molecule has 0 heterocycles. The van der Waals surface area contributed by atoms with E-state index < -0.39 is 0 Å². The Morgan fingerprint density at radius 2 is 2.30 bits per heavy atom. The van der Waals surface area contributed by atoms with Gasteiger partial charge in [-0.1, -0.05) is 42.4 Å². The van der Waals surface area contributed by atoms with Crippen LogP contribution in [0.3, 0.4) is 0 Å². The lowest BCUT2D eigenvalue weighted by molar-refractivity contribution is 0.0793. The van der Waals surface area contributed by atoms with E-state index in [4.69, 9.17) is 9.84 Å². The van der Waals surface area contributed by atoms with Gasteiger partial charge >= 0.3 is 0 Å². The Hall–Kier alpha value is 0.650. The zero-order valence-corrected chi connectivity index (χ0v) is 8.50. The van der Waals surface area contributed by atoms with Gasteiger partial charge in [0.1, 0.15) is 4.11 Å². The lowest BCUT2D eigenvalue weighted by Crippen LogP contribution is -2.07. The zero-order chi connectivity index (χ0) is 7.82. The molecule has 1 N–H and O–H groups in total. The van der Waals surface area contributed by atoms with E-state index >= 15 is 0 Å². The van der Waals surface area contributed by atoms with Crippen molar-refractivity contribution in [2.24, 2.45) is 0 Å². The van der Waals surface area contributed by atoms with Crippen LogP contribution in [0.4, 0.5) is 0 Å². The molecule has 0 aliphatic heterocycles. The maximum Gasteiger partial charge on any atom is 0.108 e. The minimum atomic E-state index is 0.131. The molecular weight excluding hydrogens is 243 g/mol. The van der Waals surface area contributed by atoms with Gasteiger partial charge in [-0.2, -0.15) is 0 Å². The van der Waals surface area contributed by atoms with E-state index in [0.717, 1.165) is 6.42 Å². The minimum Gasteiger partial charge on any atom is -0.394 e. The Balaban J connectivity index is 3.00. The highest BCUT2D eigenvalue weighted by atomic mass is 127. The first-order chi connectivity index (χ1) is 4.81. The van der Waals surface area contributed by atoms with Gasteiger partial charge in [0.2, 0.25) is 0 Å². The molecule has 0 fully saturated rings. The fourth-order valence-corrected chi connectivity index (χ4v) is 1.32. The molecule has 10 heavy (non-hydrogen) atoms. The Morgan fingerprint density at radius 3 is 2.80 bits per heavy atom. The van der Waals surface area contributed by atoms with E-state index in [1.54, 1.807) is 0 Å². The van der Waals surface area contributed by atoms with Crippen molar-refractivity contribution >= 4 is 22.6 Å². The Kier molecular flexibility index (Phi) is 8.26. The van der Waals surface area contributed by atoms with Crippen molar-refractivity contribution in [1.82, 2.24) is 0 Å². The first-order valence-electron chi connectivity index (χ1n) is 3.67. The smallest absolute Gasteiger partial charge is 0.108 e. The van der Waals surface area contributed by atoms with Crippen LogP contribution in [0.5, 0.6) is 0 Å². The molecule has 1 atom stereocenters. The number of unbranched alkanes of at least 4 members (excludes halogenated alkanes) is 1. The molecular formula is C7H15IO2. The molecule has 0 aromatic rings. The fourth-order valence-electron chi connectivity index (χ4n) is 0.629. The first-order valence-corrected chi connectivity index (χ1v) is 4.92. The molecule has 0 spiro atoms. The normalized spacial score (nSPS) is 13.5. The zero-order valence-electron chi connectivity index (χ0n) is 6.35. The van der Waals surface area contributed by atoms with Crippen LogP contribution in [-0.4, -0.2) is 22.4 Å². The maximum absolute atomic E-state index is 8.41. The molecule has 2 nitrogen and oxygen atoms in total. The van der Waals surface area contributed by atoms with Crippen molar-refractivity contribution < 1.29 is 9.84 Å². The van der Waals surface area contributed by atoms with Crippen LogP contribution in [0.15, 0.2) is 0 Å². The molecule has 1 unspecified atom stereocenters. The summed E-state index contributed by atoms with van der Waals surface area (Å²) >= 11 is 2.25. The summed E-state index contributed by atoms with van der Waals surface area (Å²) in [4.78, 5) is 0. The van der Waals surface area contributed by atoms with Crippen LogP contribution in [-0.2, 0) is 4.74 Å². The van der Waals surface area contributed by atoms with E-state index in [9.17, 15) is 0 Å². The molecule has 0 saturated heterocycles. The second-order valence-corrected chi connectivity index (χ2v) is 3.54. The highest BCUT2D eigenvalue weighted by Crippen LogP contribution is 2.10. The topological polar surface area (TPSA) is 29.5 Å². The number of ether oxygens (including phenoxy) is 1. The number of hydrogen-bond acceptors (Lipinski definition) is 2. The summed E-state index contributed by atoms with van der Waals surface area (Å²) in [6.07, 6.45) is 3.51. The van der Waals surface area contributed by atoms with E-state index in [2.05, 4.69) is 29.5 Å². The summed E-state index contributed by atoms with van der Waals surface area (Å²) in [6, 6.07) is 0. The predicted octanol–water partition coefficient (Wildman–Crippen LogP) is 1.95. The van der Waals surface area contributed by atoms with Gasteiger partial charge in [-0.25, -0.2) is 0 Å². The lowest BCUT2D eigenvalue weighted by Gasteiger charge is -2.08. The number of halogens is 1. The minimum absolute atomic E-state index is 0.131. The number of alkyl halides is 1. The summed E-state index contributed by atoms with van der Waals surface area (Å²) < 4.78 is 5.51. The average Bonchev–Trinajstić information content (AvgIpc) is 1.97. The summed E-state index contributed by atoms with van der Waals surface area (Å²) in [6.45, 7) is 2.76. The van der Waals surface area contributed by atoms with Crippen LogP contribution in [0.2, 0.25) is 0 Å². The summed E-state index contributed by atoms with van der Waals surface area (Å²) in [5.41, 5.74) is 0. The predicted molar refractivity (Wildman–Crippen MR) is 50.4 cm³/mol. The molecule has 0 aromatic heterocycles. The van der Waals surface area contributed by atoms with Crippen LogP contribution in [0.25, 0.3) is 0 Å². The summed E-state index contributed by atoms with van der Waals surface area (Å²) in [7, 11) is 0. The highest BCUT2D eigenvalue weighted by molar-refractivity contribution is 14.1. The van der Waals surface area contributed by atoms with Gasteiger partial charge < -0.3 is 9.84 Å². The maximum atomic E-state index is 8.41. The van der Waals surface area contributed by atoms with Crippen LogP contribution < -0.4 is 0 Å². The average molecular weight is 258 g/mol. The van der Waals surface area contributed by atoms with Crippen molar-refractivity contribution in [3.63, 3.8) is 0 Å². The third-order valence-electron chi connectivity index (χ3n) is 1.17. The van der Waals surface area contributed by atoms with Crippen LogP contribution in [0, 0.1) is 0 Å². The van der Waals surface area contributed by atoms with Crippen molar-refractivity contribution in [3.05, 3.63) is 0 Å². The number of aliphatic hydroxyl groups is 1. The largest absolute Gasteiger partial charge is 0.394 e. The summed E-state index contributed by atoms with van der Waals surface area (Å²) in [5.74, 6) is 0. The molecule has 0 aliphatic rings. The molecule has 0 radical (unpaired) electrons. The molecule has 0 aliphatic carbocycles. The number of hydrogen-bond donors (Lipinski definition) is 1. The molecule has 0 rings (SSSR count). The monoisotopic (exact) mass is 258 g/mol. The number of aliphatic hydroxyl groups excluding tert-OH is 1. The third kappa shape index (κ3) is 6.77. The SMILES string of the molecule is CCCCC(I)OCCO. The summed E-state index contributed by atoms with van der Waals surface area (Å²) in [5, 5.41) is 8.41. The molecule has 0 bridgehead atoms. The van der Waals surface area contributed by atoms with E-state index in [-0.39, 0.29) is 10.7 Å². The van der Waals surface area contributed by atoms with E-state index in [1.165, 1.54) is 12.8 Å². The van der Waals surface area contributed by atoms with E-state index in [1.807, 2.05) is 0 Å². The lowest BCUT2D eigenvalue weighted by atomic mass is 10.3. The van der Waals surface area contributed by atoms with Crippen molar-refractivity contribution in [1.29, 1.82) is 0 Å². The fraction of sp³-hybridized carbons (Fsp3) is 1.00. The Morgan fingerprint density at radius 1 is 1.60 bits per heavy atom. The van der Waals surface area contributed by atoms with Gasteiger partial charge in [0.05, 0.1) is 13.2 Å². The van der Waals surface area contributed by atoms with Crippen LogP contribution in [0.1, 0.15) is 26.2 Å².